The van der Waals surface area contributed by atoms with E-state index in [0.29, 0.717) is 11.3 Å². The monoisotopic (exact) mass is 231 g/mol. The van der Waals surface area contributed by atoms with Crippen LogP contribution < -0.4 is 11.2 Å². The Morgan fingerprint density at radius 3 is 2.88 bits per heavy atom. The Balaban J connectivity index is 2.37. The van der Waals surface area contributed by atoms with Crippen LogP contribution in [0.15, 0.2) is 22.0 Å². The van der Waals surface area contributed by atoms with Crippen molar-refractivity contribution in [1.29, 1.82) is 0 Å². The molecular formula is C10H9N5O2. The van der Waals surface area contributed by atoms with E-state index in [1.807, 2.05) is 0 Å². The Bertz CT molecular complexity index is 700. The Morgan fingerprint density at radius 1 is 1.47 bits per heavy atom. The van der Waals surface area contributed by atoms with E-state index in [0.717, 1.165) is 0 Å². The predicted molar refractivity (Wildman–Crippen MR) is 59.4 cm³/mol. The van der Waals surface area contributed by atoms with Crippen molar-refractivity contribution in [1.82, 2.24) is 24.5 Å². The molecule has 0 saturated carbocycles. The van der Waals surface area contributed by atoms with Crippen LogP contribution in [-0.2, 0) is 6.67 Å². The van der Waals surface area contributed by atoms with Crippen molar-refractivity contribution in [2.24, 2.45) is 0 Å². The molecule has 7 heteroatoms. The SMILES string of the molecule is C#Cc1cn(Cn2cc(C)c(=O)[nH]c2=O)nn1. The molecule has 0 spiro atoms. The van der Waals surface area contributed by atoms with E-state index in [-0.39, 0.29) is 6.67 Å². The molecule has 7 nitrogen and oxygen atoms in total. The fourth-order valence-corrected chi connectivity index (χ4v) is 1.31. The number of aromatic amines is 1. The van der Waals surface area contributed by atoms with Crippen LogP contribution in [0.5, 0.6) is 0 Å². The van der Waals surface area contributed by atoms with E-state index in [1.165, 1.54) is 21.6 Å². The normalized spacial score (nSPS) is 10.1. The van der Waals surface area contributed by atoms with Gasteiger partial charge >= 0.3 is 5.69 Å². The van der Waals surface area contributed by atoms with Crippen molar-refractivity contribution in [3.8, 4) is 12.3 Å². The largest absolute Gasteiger partial charge is 0.329 e. The summed E-state index contributed by atoms with van der Waals surface area (Å²) < 4.78 is 2.72. The number of H-pyrrole nitrogens is 1. The average Bonchev–Trinajstić information content (AvgIpc) is 2.73. The van der Waals surface area contributed by atoms with Crippen molar-refractivity contribution in [2.75, 3.05) is 0 Å². The highest BCUT2D eigenvalue weighted by molar-refractivity contribution is 5.18. The topological polar surface area (TPSA) is 85.6 Å². The van der Waals surface area contributed by atoms with Gasteiger partial charge in [-0.25, -0.2) is 9.48 Å². The first-order chi connectivity index (χ1) is 8.10. The molecule has 0 aromatic carbocycles. The second kappa shape index (κ2) is 4.09. The van der Waals surface area contributed by atoms with E-state index >= 15 is 0 Å². The number of hydrogen-bond donors (Lipinski definition) is 1. The maximum Gasteiger partial charge on any atom is 0.329 e. The fourth-order valence-electron chi connectivity index (χ4n) is 1.31. The van der Waals surface area contributed by atoms with Crippen LogP contribution in [0.4, 0.5) is 0 Å². The van der Waals surface area contributed by atoms with Gasteiger partial charge < -0.3 is 0 Å². The number of hydrogen-bond acceptors (Lipinski definition) is 4. The summed E-state index contributed by atoms with van der Waals surface area (Å²) >= 11 is 0. The van der Waals surface area contributed by atoms with E-state index in [9.17, 15) is 9.59 Å². The molecule has 2 aromatic heterocycles. The minimum atomic E-state index is -0.502. The lowest BCUT2D eigenvalue weighted by Crippen LogP contribution is -2.32. The molecule has 0 bridgehead atoms. The quantitative estimate of drug-likeness (QED) is 0.666. The Morgan fingerprint density at radius 2 is 2.24 bits per heavy atom. The molecule has 0 amide bonds. The van der Waals surface area contributed by atoms with Gasteiger partial charge in [-0.2, -0.15) is 0 Å². The lowest BCUT2D eigenvalue weighted by atomic mass is 10.4. The molecule has 2 aromatic rings. The predicted octanol–water partition coefficient (Wildman–Crippen LogP) is -1.08. The van der Waals surface area contributed by atoms with Crippen LogP contribution in [0.1, 0.15) is 11.3 Å². The third-order valence-electron chi connectivity index (χ3n) is 2.17. The molecule has 0 unspecified atom stereocenters. The van der Waals surface area contributed by atoms with E-state index in [4.69, 9.17) is 6.42 Å². The van der Waals surface area contributed by atoms with Crippen molar-refractivity contribution in [2.45, 2.75) is 13.6 Å². The zero-order valence-electron chi connectivity index (χ0n) is 9.04. The molecule has 0 aliphatic heterocycles. The molecule has 1 N–H and O–H groups in total. The summed E-state index contributed by atoms with van der Waals surface area (Å²) in [4.78, 5) is 24.8. The highest BCUT2D eigenvalue weighted by atomic mass is 16.2. The second-order valence-electron chi connectivity index (χ2n) is 3.47. The van der Waals surface area contributed by atoms with Gasteiger partial charge in [0.25, 0.3) is 5.56 Å². The number of terminal acetylenes is 1. The minimum absolute atomic E-state index is 0.144. The van der Waals surface area contributed by atoms with Gasteiger partial charge in [0.2, 0.25) is 0 Å². The number of nitrogens with one attached hydrogen (secondary N) is 1. The lowest BCUT2D eigenvalue weighted by Gasteiger charge is -2.04. The molecule has 0 atom stereocenters. The number of rotatable bonds is 2. The van der Waals surface area contributed by atoms with Crippen LogP contribution >= 0.6 is 0 Å². The molecule has 0 aliphatic rings. The smallest absolute Gasteiger partial charge is 0.280 e. The standard InChI is InChI=1S/C10H9N5O2/c1-3-8-5-15(13-12-8)6-14-4-7(2)9(16)11-10(14)17/h1,4-5H,6H2,2H3,(H,11,16,17). The van der Waals surface area contributed by atoms with Gasteiger partial charge in [0, 0.05) is 11.8 Å². The first kappa shape index (κ1) is 10.9. The summed E-state index contributed by atoms with van der Waals surface area (Å²) in [7, 11) is 0. The number of aryl methyl sites for hydroxylation is 1. The third-order valence-corrected chi connectivity index (χ3v) is 2.17. The zero-order chi connectivity index (χ0) is 12.4. The fraction of sp³-hybridized carbons (Fsp3) is 0.200. The van der Waals surface area contributed by atoms with Gasteiger partial charge in [-0.1, -0.05) is 5.21 Å². The highest BCUT2D eigenvalue weighted by Gasteiger charge is 2.03. The van der Waals surface area contributed by atoms with Crippen molar-refractivity contribution in [3.05, 3.63) is 44.5 Å². The molecule has 0 saturated heterocycles. The molecule has 86 valence electrons. The maximum absolute atomic E-state index is 11.5. The molecule has 17 heavy (non-hydrogen) atoms. The van der Waals surface area contributed by atoms with Gasteiger partial charge in [-0.15, -0.1) is 11.5 Å². The number of aromatic nitrogens is 5. The zero-order valence-corrected chi connectivity index (χ0v) is 9.04. The molecular weight excluding hydrogens is 222 g/mol. The van der Waals surface area contributed by atoms with Crippen LogP contribution in [0.25, 0.3) is 0 Å². The van der Waals surface area contributed by atoms with Crippen LogP contribution in [0.2, 0.25) is 0 Å². The van der Waals surface area contributed by atoms with Crippen molar-refractivity contribution >= 4 is 0 Å². The molecule has 2 rings (SSSR count). The maximum atomic E-state index is 11.5. The molecule has 0 fully saturated rings. The van der Waals surface area contributed by atoms with Gasteiger partial charge in [-0.3, -0.25) is 14.3 Å². The summed E-state index contributed by atoms with van der Waals surface area (Å²) in [5, 5.41) is 7.44. The van der Waals surface area contributed by atoms with Gasteiger partial charge in [0.15, 0.2) is 5.69 Å². The molecule has 0 radical (unpaired) electrons. The average molecular weight is 231 g/mol. The molecule has 0 aliphatic carbocycles. The van der Waals surface area contributed by atoms with Crippen LogP contribution in [-0.4, -0.2) is 24.5 Å². The van der Waals surface area contributed by atoms with Crippen LogP contribution in [0, 0.1) is 19.3 Å². The van der Waals surface area contributed by atoms with Gasteiger partial charge in [0.1, 0.15) is 6.67 Å². The van der Waals surface area contributed by atoms with E-state index in [2.05, 4.69) is 21.2 Å². The second-order valence-corrected chi connectivity index (χ2v) is 3.47. The van der Waals surface area contributed by atoms with Gasteiger partial charge in [-0.05, 0) is 12.8 Å². The Kier molecular flexibility index (Phi) is 2.62. The third kappa shape index (κ3) is 2.15. The van der Waals surface area contributed by atoms with E-state index < -0.39 is 11.2 Å². The highest BCUT2D eigenvalue weighted by Crippen LogP contribution is 1.91. The summed E-state index contributed by atoms with van der Waals surface area (Å²) in [5.41, 5.74) is -0.0615. The summed E-state index contributed by atoms with van der Waals surface area (Å²) in [6, 6.07) is 0. The lowest BCUT2D eigenvalue weighted by molar-refractivity contribution is 0.507. The van der Waals surface area contributed by atoms with E-state index in [1.54, 1.807) is 6.92 Å². The van der Waals surface area contributed by atoms with Crippen LogP contribution in [0.3, 0.4) is 0 Å². The first-order valence-electron chi connectivity index (χ1n) is 4.77. The van der Waals surface area contributed by atoms with Gasteiger partial charge in [0.05, 0.1) is 6.20 Å². The van der Waals surface area contributed by atoms with Crippen molar-refractivity contribution in [3.63, 3.8) is 0 Å². The molecule has 2 heterocycles. The first-order valence-corrected chi connectivity index (χ1v) is 4.77. The van der Waals surface area contributed by atoms with Crippen molar-refractivity contribution < 1.29 is 0 Å². The Labute approximate surface area is 95.7 Å². The summed E-state index contributed by atoms with van der Waals surface area (Å²) in [6.07, 6.45) is 8.14. The number of nitrogens with zero attached hydrogens (tertiary/aromatic N) is 4. The summed E-state index contributed by atoms with van der Waals surface area (Å²) in [5.74, 6) is 2.33. The summed E-state index contributed by atoms with van der Waals surface area (Å²) in [6.45, 7) is 1.76. The Hall–Kier alpha value is -2.62. The minimum Gasteiger partial charge on any atom is -0.280 e.